The predicted octanol–water partition coefficient (Wildman–Crippen LogP) is 2.15. The second-order valence-electron chi connectivity index (χ2n) is 3.85. The molecule has 0 bridgehead atoms. The van der Waals surface area contributed by atoms with Gasteiger partial charge in [0.2, 0.25) is 10.0 Å². The molecule has 1 aromatic carbocycles. The molecule has 0 spiro atoms. The molecule has 1 aromatic heterocycles. The van der Waals surface area contributed by atoms with Gasteiger partial charge in [0, 0.05) is 11.1 Å². The molecule has 0 radical (unpaired) electrons. The van der Waals surface area contributed by atoms with E-state index in [0.29, 0.717) is 17.1 Å². The summed E-state index contributed by atoms with van der Waals surface area (Å²) >= 11 is 1.43. The van der Waals surface area contributed by atoms with Gasteiger partial charge in [0.1, 0.15) is 18.1 Å². The van der Waals surface area contributed by atoms with Crippen LogP contribution in [0.5, 0.6) is 5.75 Å². The SMILES string of the molecule is Nc1ccc(OCCS(=O)(=O)Nc2ccsc2)cc1. The van der Waals surface area contributed by atoms with Crippen LogP contribution in [0, 0.1) is 0 Å². The van der Waals surface area contributed by atoms with Crippen LogP contribution in [-0.2, 0) is 10.0 Å². The molecule has 0 aliphatic heterocycles. The van der Waals surface area contributed by atoms with Gasteiger partial charge >= 0.3 is 0 Å². The summed E-state index contributed by atoms with van der Waals surface area (Å²) in [5, 5.41) is 3.54. The molecular formula is C12H14N2O3S2. The van der Waals surface area contributed by atoms with E-state index in [1.807, 2.05) is 5.38 Å². The lowest BCUT2D eigenvalue weighted by atomic mass is 10.3. The van der Waals surface area contributed by atoms with Crippen molar-refractivity contribution < 1.29 is 13.2 Å². The Morgan fingerprint density at radius 3 is 2.58 bits per heavy atom. The summed E-state index contributed by atoms with van der Waals surface area (Å²) in [4.78, 5) is 0. The molecule has 0 unspecified atom stereocenters. The lowest BCUT2D eigenvalue weighted by molar-refractivity contribution is 0.341. The van der Waals surface area contributed by atoms with Crippen LogP contribution in [0.4, 0.5) is 11.4 Å². The fourth-order valence-corrected chi connectivity index (χ4v) is 2.94. The normalized spacial score (nSPS) is 11.2. The zero-order chi connectivity index (χ0) is 13.7. The van der Waals surface area contributed by atoms with Crippen molar-refractivity contribution in [3.63, 3.8) is 0 Å². The Morgan fingerprint density at radius 1 is 1.21 bits per heavy atom. The maximum atomic E-state index is 11.7. The Morgan fingerprint density at radius 2 is 1.95 bits per heavy atom. The first-order valence-electron chi connectivity index (χ1n) is 5.56. The molecule has 2 aromatic rings. The van der Waals surface area contributed by atoms with Crippen LogP contribution < -0.4 is 15.2 Å². The van der Waals surface area contributed by atoms with Gasteiger partial charge in [-0.15, -0.1) is 0 Å². The third kappa shape index (κ3) is 4.46. The number of ether oxygens (including phenoxy) is 1. The monoisotopic (exact) mass is 298 g/mol. The van der Waals surface area contributed by atoms with Crippen LogP contribution in [0.1, 0.15) is 0 Å². The van der Waals surface area contributed by atoms with Gasteiger partial charge in [-0.05, 0) is 35.7 Å². The van der Waals surface area contributed by atoms with Crippen molar-refractivity contribution in [2.45, 2.75) is 0 Å². The molecule has 7 heteroatoms. The van der Waals surface area contributed by atoms with Crippen LogP contribution in [-0.4, -0.2) is 20.8 Å². The number of thiophene rings is 1. The largest absolute Gasteiger partial charge is 0.492 e. The minimum Gasteiger partial charge on any atom is -0.492 e. The Labute approximate surface area is 116 Å². The van der Waals surface area contributed by atoms with Gasteiger partial charge in [-0.2, -0.15) is 11.3 Å². The molecule has 0 atom stereocenters. The molecule has 102 valence electrons. The van der Waals surface area contributed by atoms with Crippen LogP contribution in [0.3, 0.4) is 0 Å². The summed E-state index contributed by atoms with van der Waals surface area (Å²) in [5.74, 6) is 0.493. The van der Waals surface area contributed by atoms with Crippen LogP contribution >= 0.6 is 11.3 Å². The van der Waals surface area contributed by atoms with E-state index in [1.54, 1.807) is 35.7 Å². The van der Waals surface area contributed by atoms with E-state index >= 15 is 0 Å². The average Bonchev–Trinajstić information content (AvgIpc) is 2.83. The first kappa shape index (κ1) is 13.7. The van der Waals surface area contributed by atoms with E-state index in [0.717, 1.165) is 0 Å². The Kier molecular flexibility index (Phi) is 4.28. The van der Waals surface area contributed by atoms with Gasteiger partial charge in [0.25, 0.3) is 0 Å². The molecular weight excluding hydrogens is 284 g/mol. The summed E-state index contributed by atoms with van der Waals surface area (Å²) in [5.41, 5.74) is 6.76. The van der Waals surface area contributed by atoms with Crippen LogP contribution in [0.2, 0.25) is 0 Å². The standard InChI is InChI=1S/C12H14N2O3S2/c13-10-1-3-12(4-2-10)17-6-8-19(15,16)14-11-5-7-18-9-11/h1-5,7,9,14H,6,8,13H2. The topological polar surface area (TPSA) is 81.4 Å². The number of nitrogens with two attached hydrogens (primary N) is 1. The molecule has 2 rings (SSSR count). The number of benzene rings is 1. The van der Waals surface area contributed by atoms with E-state index in [4.69, 9.17) is 10.5 Å². The van der Waals surface area contributed by atoms with E-state index in [-0.39, 0.29) is 12.4 Å². The highest BCUT2D eigenvalue weighted by Gasteiger charge is 2.10. The lowest BCUT2D eigenvalue weighted by Crippen LogP contribution is -2.21. The second kappa shape index (κ2) is 5.94. The number of anilines is 2. The summed E-state index contributed by atoms with van der Waals surface area (Å²) < 4.78 is 31.3. The third-order valence-electron chi connectivity index (χ3n) is 2.30. The maximum absolute atomic E-state index is 11.7. The Balaban J connectivity index is 1.83. The van der Waals surface area contributed by atoms with Crippen molar-refractivity contribution in [3.05, 3.63) is 41.1 Å². The van der Waals surface area contributed by atoms with Crippen LogP contribution in [0.25, 0.3) is 0 Å². The van der Waals surface area contributed by atoms with Gasteiger partial charge < -0.3 is 10.5 Å². The molecule has 0 fully saturated rings. The van der Waals surface area contributed by atoms with E-state index in [1.165, 1.54) is 11.3 Å². The number of nitrogen functional groups attached to an aromatic ring is 1. The van der Waals surface area contributed by atoms with Crippen LogP contribution in [0.15, 0.2) is 41.1 Å². The number of nitrogens with one attached hydrogen (secondary N) is 1. The second-order valence-corrected chi connectivity index (χ2v) is 6.47. The molecule has 3 N–H and O–H groups in total. The number of rotatable bonds is 6. The summed E-state index contributed by atoms with van der Waals surface area (Å²) in [6, 6.07) is 8.52. The fraction of sp³-hybridized carbons (Fsp3) is 0.167. The molecule has 5 nitrogen and oxygen atoms in total. The average molecular weight is 298 g/mol. The number of hydrogen-bond donors (Lipinski definition) is 2. The van der Waals surface area contributed by atoms with Gasteiger partial charge in [-0.3, -0.25) is 4.72 Å². The van der Waals surface area contributed by atoms with Gasteiger partial charge in [0.15, 0.2) is 0 Å². The molecule has 0 saturated carbocycles. The van der Waals surface area contributed by atoms with E-state index < -0.39 is 10.0 Å². The van der Waals surface area contributed by atoms with Crippen molar-refractivity contribution in [1.29, 1.82) is 0 Å². The highest BCUT2D eigenvalue weighted by atomic mass is 32.2. The smallest absolute Gasteiger partial charge is 0.236 e. The maximum Gasteiger partial charge on any atom is 0.236 e. The van der Waals surface area contributed by atoms with Crippen molar-refractivity contribution in [1.82, 2.24) is 0 Å². The minimum atomic E-state index is -3.38. The van der Waals surface area contributed by atoms with E-state index in [9.17, 15) is 8.42 Å². The predicted molar refractivity (Wildman–Crippen MR) is 78.1 cm³/mol. The zero-order valence-corrected chi connectivity index (χ0v) is 11.7. The van der Waals surface area contributed by atoms with E-state index in [2.05, 4.69) is 4.72 Å². The Hall–Kier alpha value is -1.73. The first-order chi connectivity index (χ1) is 9.05. The summed E-state index contributed by atoms with van der Waals surface area (Å²) in [6.07, 6.45) is 0. The highest BCUT2D eigenvalue weighted by Crippen LogP contribution is 2.15. The molecule has 0 aliphatic carbocycles. The van der Waals surface area contributed by atoms with Gasteiger partial charge in [0.05, 0.1) is 5.69 Å². The van der Waals surface area contributed by atoms with Crippen molar-refractivity contribution in [2.75, 3.05) is 22.8 Å². The number of sulfonamides is 1. The minimum absolute atomic E-state index is 0.0867. The zero-order valence-electron chi connectivity index (χ0n) is 10.1. The van der Waals surface area contributed by atoms with Crippen molar-refractivity contribution in [2.24, 2.45) is 0 Å². The molecule has 0 aliphatic rings. The first-order valence-corrected chi connectivity index (χ1v) is 8.16. The third-order valence-corrected chi connectivity index (χ3v) is 4.23. The summed E-state index contributed by atoms with van der Waals surface area (Å²) in [6.45, 7) is 0.0867. The van der Waals surface area contributed by atoms with Gasteiger partial charge in [-0.1, -0.05) is 0 Å². The molecule has 0 amide bonds. The lowest BCUT2D eigenvalue weighted by Gasteiger charge is -2.08. The molecule has 19 heavy (non-hydrogen) atoms. The van der Waals surface area contributed by atoms with Crippen molar-refractivity contribution in [3.8, 4) is 5.75 Å². The summed E-state index contributed by atoms with van der Waals surface area (Å²) in [7, 11) is -3.38. The van der Waals surface area contributed by atoms with Crippen molar-refractivity contribution >= 4 is 32.7 Å². The molecule has 0 saturated heterocycles. The molecule has 1 heterocycles. The Bertz CT molecular complexity index is 607. The highest BCUT2D eigenvalue weighted by molar-refractivity contribution is 7.92. The van der Waals surface area contributed by atoms with Gasteiger partial charge in [-0.25, -0.2) is 8.42 Å². The quantitative estimate of drug-likeness (QED) is 0.801. The number of hydrogen-bond acceptors (Lipinski definition) is 5. The fourth-order valence-electron chi connectivity index (χ4n) is 1.39.